The Kier molecular flexibility index (Phi) is 10.8. The lowest BCUT2D eigenvalue weighted by molar-refractivity contribution is -0.832. The molecule has 17 heteroatoms. The van der Waals surface area contributed by atoms with E-state index in [-0.39, 0.29) is 33.6 Å². The molecule has 6 rings (SSSR count). The fourth-order valence-electron chi connectivity index (χ4n) is 5.13. The van der Waals surface area contributed by atoms with E-state index in [0.29, 0.717) is 60.1 Å². The lowest BCUT2D eigenvalue weighted by Crippen LogP contribution is -2.50. The molecular formula is C33H29ClN8O6S2. The summed E-state index contributed by atoms with van der Waals surface area (Å²) in [6, 6.07) is 26.0. The number of hydrogen-bond donors (Lipinski definition) is 1. The van der Waals surface area contributed by atoms with E-state index < -0.39 is 20.7 Å². The van der Waals surface area contributed by atoms with Gasteiger partial charge in [0.2, 0.25) is 5.91 Å². The Morgan fingerprint density at radius 1 is 1.02 bits per heavy atom. The van der Waals surface area contributed by atoms with Crippen LogP contribution in [0.4, 0.5) is 11.5 Å². The quantitative estimate of drug-likeness (QED) is 0.110. The largest absolute Gasteiger partial charge is 0.453 e. The molecule has 0 radical (unpaired) electrons. The average molecular weight is 733 g/mol. The van der Waals surface area contributed by atoms with Crippen LogP contribution in [0.5, 0.6) is 5.88 Å². The van der Waals surface area contributed by atoms with Crippen molar-refractivity contribution in [3.63, 3.8) is 0 Å². The van der Waals surface area contributed by atoms with Crippen LogP contribution >= 0.6 is 23.4 Å². The van der Waals surface area contributed by atoms with Crippen molar-refractivity contribution in [3.8, 4) is 23.2 Å². The summed E-state index contributed by atoms with van der Waals surface area (Å²) in [7, 11) is -4.21. The lowest BCUT2D eigenvalue weighted by Gasteiger charge is -2.34. The number of nitrogens with zero attached hydrogens (tertiary/aromatic N) is 7. The fourth-order valence-corrected chi connectivity index (χ4v) is 7.29. The van der Waals surface area contributed by atoms with Crippen molar-refractivity contribution in [2.45, 2.75) is 15.1 Å². The van der Waals surface area contributed by atoms with Crippen molar-refractivity contribution in [3.05, 3.63) is 101 Å². The molecule has 2 aromatic heterocycles. The number of benzene rings is 3. The molecule has 0 spiro atoms. The molecule has 1 amide bonds. The summed E-state index contributed by atoms with van der Waals surface area (Å²) < 4.78 is 36.1. The van der Waals surface area contributed by atoms with E-state index >= 15 is 0 Å². The van der Waals surface area contributed by atoms with Crippen LogP contribution in [-0.2, 0) is 14.6 Å². The minimum atomic E-state index is -4.21. The molecule has 1 N–H and O–H groups in total. The maximum Gasteiger partial charge on any atom is 0.415 e. The highest BCUT2D eigenvalue weighted by molar-refractivity contribution is 7.99. The number of aromatic nitrogens is 4. The number of thioether (sulfide) groups is 1. The fraction of sp³-hybridized carbons (Fsp3) is 0.212. The molecule has 1 aliphatic heterocycles. The summed E-state index contributed by atoms with van der Waals surface area (Å²) in [5, 5.41) is 29.1. The number of ether oxygens (including phenoxy) is 1. The second-order valence-corrected chi connectivity index (χ2v) is 14.1. The van der Waals surface area contributed by atoms with Gasteiger partial charge >= 0.3 is 10.9 Å². The number of carbonyl (C=O) groups is 1. The zero-order chi connectivity index (χ0) is 35.1. The molecule has 1 aliphatic rings. The monoisotopic (exact) mass is 732 g/mol. The second-order valence-electron chi connectivity index (χ2n) is 10.9. The number of amides is 1. The number of hydrogen-bond acceptors (Lipinski definition) is 13. The van der Waals surface area contributed by atoms with Gasteiger partial charge in [0.05, 0.1) is 21.5 Å². The van der Waals surface area contributed by atoms with E-state index in [0.717, 1.165) is 5.56 Å². The summed E-state index contributed by atoms with van der Waals surface area (Å²) in [6.45, 7) is 2.47. The third kappa shape index (κ3) is 7.98. The highest BCUT2D eigenvalue weighted by atomic mass is 35.5. The number of halogens is 1. The number of nitriles is 1. The predicted octanol–water partition coefficient (Wildman–Crippen LogP) is 4.18. The zero-order valence-electron chi connectivity index (χ0n) is 26.3. The van der Waals surface area contributed by atoms with E-state index in [1.165, 1.54) is 23.9 Å². The molecule has 3 heterocycles. The maximum atomic E-state index is 13.2. The molecular weight excluding hydrogens is 704 g/mol. The van der Waals surface area contributed by atoms with Gasteiger partial charge < -0.3 is 20.2 Å². The minimum absolute atomic E-state index is 0.0415. The first-order valence-electron chi connectivity index (χ1n) is 15.3. The van der Waals surface area contributed by atoms with Crippen molar-refractivity contribution >= 4 is 50.6 Å². The molecule has 0 saturated carbocycles. The highest BCUT2D eigenvalue weighted by Gasteiger charge is 2.36. The lowest BCUT2D eigenvalue weighted by atomic mass is 10.1. The van der Waals surface area contributed by atoms with Gasteiger partial charge in [-0.15, -0.1) is 0 Å². The molecule has 14 nitrogen and oxygen atoms in total. The maximum absolute atomic E-state index is 13.2. The second kappa shape index (κ2) is 15.6. The van der Waals surface area contributed by atoms with Crippen molar-refractivity contribution < 1.29 is 27.5 Å². The van der Waals surface area contributed by atoms with E-state index in [4.69, 9.17) is 16.3 Å². The molecule has 1 fully saturated rings. The number of rotatable bonds is 12. The normalized spacial score (nSPS) is 13.5. The first-order valence-corrected chi connectivity index (χ1v) is 18.1. The Morgan fingerprint density at radius 3 is 2.38 bits per heavy atom. The summed E-state index contributed by atoms with van der Waals surface area (Å²) in [5.74, 6) is -0.105. The van der Waals surface area contributed by atoms with Crippen molar-refractivity contribution in [2.24, 2.45) is 0 Å². The first kappa shape index (κ1) is 34.6. The highest BCUT2D eigenvalue weighted by Crippen LogP contribution is 2.31. The number of anilines is 2. The van der Waals surface area contributed by atoms with E-state index in [2.05, 4.69) is 36.0 Å². The van der Waals surface area contributed by atoms with E-state index in [1.807, 2.05) is 30.3 Å². The van der Waals surface area contributed by atoms with Crippen LogP contribution in [0.3, 0.4) is 0 Å². The number of carbonyl (C=O) groups excluding carboxylic acids is 1. The molecule has 0 atom stereocenters. The van der Waals surface area contributed by atoms with Crippen LogP contribution in [0.25, 0.3) is 11.3 Å². The summed E-state index contributed by atoms with van der Waals surface area (Å²) in [6.07, 6.45) is 0. The van der Waals surface area contributed by atoms with Gasteiger partial charge in [0.15, 0.2) is 11.0 Å². The van der Waals surface area contributed by atoms with Gasteiger partial charge in [-0.25, -0.2) is 18.4 Å². The van der Waals surface area contributed by atoms with Crippen LogP contribution in [0.1, 0.15) is 5.56 Å². The van der Waals surface area contributed by atoms with Crippen LogP contribution < -0.4 is 15.0 Å². The Morgan fingerprint density at radius 2 is 1.70 bits per heavy atom. The predicted molar refractivity (Wildman–Crippen MR) is 184 cm³/mol. The minimum Gasteiger partial charge on any atom is -0.453 e. The Labute approximate surface area is 296 Å². The third-order valence-corrected chi connectivity index (χ3v) is 10.5. The van der Waals surface area contributed by atoms with Crippen LogP contribution in [0, 0.1) is 16.5 Å². The Balaban J connectivity index is 1.05. The molecule has 50 heavy (non-hydrogen) atoms. The van der Waals surface area contributed by atoms with Crippen molar-refractivity contribution in [2.75, 3.05) is 50.4 Å². The molecule has 5 aromatic rings. The summed E-state index contributed by atoms with van der Waals surface area (Å²) >= 11 is 7.23. The number of sulfone groups is 1. The molecule has 0 aliphatic carbocycles. The third-order valence-electron chi connectivity index (χ3n) is 7.71. The Hall–Kier alpha value is -5.21. The molecule has 256 valence electrons. The summed E-state index contributed by atoms with van der Waals surface area (Å²) in [5.41, 5.74) is 2.15. The van der Waals surface area contributed by atoms with E-state index in [1.54, 1.807) is 47.4 Å². The van der Waals surface area contributed by atoms with Gasteiger partial charge in [-0.1, -0.05) is 71.9 Å². The SMILES string of the molecule is N#Cc1c(Nc2ccc(Cl)cc2)nc(SCC(=O)N2CCN(CCOc3no[n+]([O-])c3S(=O)(=O)c3ccccc3)CC2)nc1-c1ccccc1. The van der Waals surface area contributed by atoms with Crippen LogP contribution in [0.2, 0.25) is 5.02 Å². The molecule has 0 unspecified atom stereocenters. The van der Waals surface area contributed by atoms with Crippen LogP contribution in [-0.4, -0.2) is 84.3 Å². The molecule has 0 bridgehead atoms. The van der Waals surface area contributed by atoms with Gasteiger partial charge in [0.25, 0.3) is 9.84 Å². The van der Waals surface area contributed by atoms with Gasteiger partial charge in [-0.05, 0) is 41.3 Å². The van der Waals surface area contributed by atoms with Crippen molar-refractivity contribution in [1.82, 2.24) is 24.9 Å². The van der Waals surface area contributed by atoms with Crippen molar-refractivity contribution in [1.29, 1.82) is 5.26 Å². The molecule has 1 saturated heterocycles. The van der Waals surface area contributed by atoms with Gasteiger partial charge in [-0.2, -0.15) is 5.26 Å². The van der Waals surface area contributed by atoms with Gasteiger partial charge in [0.1, 0.15) is 18.2 Å². The van der Waals surface area contributed by atoms with E-state index in [9.17, 15) is 23.7 Å². The van der Waals surface area contributed by atoms with Crippen LogP contribution in [0.15, 0.2) is 105 Å². The van der Waals surface area contributed by atoms with Gasteiger partial charge in [-0.3, -0.25) is 14.3 Å². The number of nitrogens with one attached hydrogen (secondary N) is 1. The summed E-state index contributed by atoms with van der Waals surface area (Å²) in [4.78, 5) is 26.0. The Bertz CT molecular complexity index is 2110. The number of piperazine rings is 1. The average Bonchev–Trinajstić information content (AvgIpc) is 3.52. The van der Waals surface area contributed by atoms with Gasteiger partial charge in [0, 0.05) is 49.0 Å². The standard InChI is InChI=1S/C33H29ClN8O6S2/c34-24-11-13-25(14-12-24)36-30-27(21-35)29(23-7-3-1-4-8-23)37-33(38-30)49-22-28(43)41-17-15-40(16-18-41)19-20-47-31-32(42(44)48-39-31)50(45,46)26-9-5-2-6-10-26/h1-14H,15-20,22H2,(H,36,37,38). The smallest absolute Gasteiger partial charge is 0.415 e. The molecule has 3 aromatic carbocycles. The first-order chi connectivity index (χ1) is 24.2. The topological polar surface area (TPSA) is 181 Å². The zero-order valence-corrected chi connectivity index (χ0v) is 28.7.